The van der Waals surface area contributed by atoms with Crippen molar-refractivity contribution >= 4 is 52.4 Å². The molecule has 0 atom stereocenters. The summed E-state index contributed by atoms with van der Waals surface area (Å²) in [7, 11) is 4.35. The number of aromatic amines is 1. The fraction of sp³-hybridized carbons (Fsp3) is 0.350. The molecule has 0 aliphatic rings. The van der Waals surface area contributed by atoms with Gasteiger partial charge in [-0.25, -0.2) is 14.6 Å². The van der Waals surface area contributed by atoms with Crippen molar-refractivity contribution in [2.24, 2.45) is 4.99 Å². The number of nitrogens with one attached hydrogen (secondary N) is 4. The predicted molar refractivity (Wildman–Crippen MR) is 211 cm³/mol. The number of ether oxygens (including phenoxy) is 2. The lowest BCUT2D eigenvalue weighted by atomic mass is 9.94. The van der Waals surface area contributed by atoms with Crippen LogP contribution in [0, 0.1) is 11.8 Å². The van der Waals surface area contributed by atoms with Crippen LogP contribution in [0.5, 0.6) is 0 Å². The molecular weight excluding hydrogens is 688 g/mol. The molecule has 1 heterocycles. The number of carbonyl (C=O) groups excluding carboxylic acids is 4. The lowest BCUT2D eigenvalue weighted by molar-refractivity contribution is -0.131. The van der Waals surface area contributed by atoms with Gasteiger partial charge in [0.05, 0.1) is 50.6 Å². The SMILES string of the molecule is CC#Cc1cc(-c2cnc(CN(CCC)C(=O)CNC(=O)OC)[nH]2)ccc1-c1ccc2c(NC)c(/N=C/CN(CCC)C(=O)CNC(=O)OC)ccc2c1. The van der Waals surface area contributed by atoms with E-state index in [0.29, 0.717) is 25.5 Å². The summed E-state index contributed by atoms with van der Waals surface area (Å²) in [6.45, 7) is 7.04. The first-order chi connectivity index (χ1) is 26.1. The first-order valence-corrected chi connectivity index (χ1v) is 17.7. The molecule has 0 aliphatic heterocycles. The normalized spacial score (nSPS) is 10.7. The number of aromatic nitrogens is 2. The van der Waals surface area contributed by atoms with Crippen molar-refractivity contribution in [3.8, 4) is 34.2 Å². The molecule has 284 valence electrons. The third-order valence-electron chi connectivity index (χ3n) is 8.48. The Morgan fingerprint density at radius 3 is 2.20 bits per heavy atom. The first kappa shape index (κ1) is 40.4. The highest BCUT2D eigenvalue weighted by Crippen LogP contribution is 2.36. The summed E-state index contributed by atoms with van der Waals surface area (Å²) in [6, 6.07) is 16.3. The van der Waals surface area contributed by atoms with Crippen molar-refractivity contribution in [1.29, 1.82) is 0 Å². The number of alkyl carbamates (subject to hydrolysis) is 2. The lowest BCUT2D eigenvalue weighted by Gasteiger charge is -2.21. The maximum absolute atomic E-state index is 12.8. The van der Waals surface area contributed by atoms with E-state index in [-0.39, 0.29) is 31.4 Å². The fourth-order valence-electron chi connectivity index (χ4n) is 5.88. The zero-order chi connectivity index (χ0) is 39.0. The van der Waals surface area contributed by atoms with Gasteiger partial charge in [0.25, 0.3) is 0 Å². The number of hydrogen-bond donors (Lipinski definition) is 4. The van der Waals surface area contributed by atoms with Gasteiger partial charge >= 0.3 is 12.2 Å². The van der Waals surface area contributed by atoms with Crippen LogP contribution in [0.3, 0.4) is 0 Å². The molecule has 1 aromatic heterocycles. The number of rotatable bonds is 16. The summed E-state index contributed by atoms with van der Waals surface area (Å²) in [4.78, 5) is 64.1. The Labute approximate surface area is 315 Å². The minimum atomic E-state index is -0.660. The Hall–Kier alpha value is -6.36. The van der Waals surface area contributed by atoms with Crippen molar-refractivity contribution in [2.75, 3.05) is 59.3 Å². The van der Waals surface area contributed by atoms with Gasteiger partial charge in [0, 0.05) is 42.9 Å². The number of hydrogen-bond acceptors (Lipinski definition) is 9. The number of imidazole rings is 1. The van der Waals surface area contributed by atoms with E-state index in [1.54, 1.807) is 29.1 Å². The molecule has 0 unspecified atom stereocenters. The Morgan fingerprint density at radius 1 is 0.889 bits per heavy atom. The molecule has 3 aromatic carbocycles. The average Bonchev–Trinajstić information content (AvgIpc) is 3.66. The van der Waals surface area contributed by atoms with E-state index < -0.39 is 12.2 Å². The number of aliphatic imine (C=N–C) groups is 1. The second kappa shape index (κ2) is 20.0. The van der Waals surface area contributed by atoms with E-state index in [0.717, 1.165) is 62.9 Å². The van der Waals surface area contributed by atoms with Crippen LogP contribution in [-0.4, -0.2) is 104 Å². The molecule has 54 heavy (non-hydrogen) atoms. The van der Waals surface area contributed by atoms with Gasteiger partial charge in [-0.3, -0.25) is 14.6 Å². The topological polar surface area (TPSA) is 170 Å². The highest BCUT2D eigenvalue weighted by atomic mass is 16.5. The van der Waals surface area contributed by atoms with Crippen LogP contribution in [0.15, 0.2) is 59.7 Å². The molecule has 4 N–H and O–H groups in total. The zero-order valence-corrected chi connectivity index (χ0v) is 31.7. The molecule has 0 bridgehead atoms. The minimum absolute atomic E-state index is 0.153. The quantitative estimate of drug-likeness (QED) is 0.0839. The van der Waals surface area contributed by atoms with E-state index in [4.69, 9.17) is 4.99 Å². The van der Waals surface area contributed by atoms with Gasteiger partial charge in [0.2, 0.25) is 11.8 Å². The number of fused-ring (bicyclic) bond motifs is 1. The number of benzene rings is 3. The third kappa shape index (κ3) is 10.6. The summed E-state index contributed by atoms with van der Waals surface area (Å²) in [5.74, 6) is 6.46. The largest absolute Gasteiger partial charge is 0.453 e. The number of amides is 4. The van der Waals surface area contributed by atoms with Crippen molar-refractivity contribution in [1.82, 2.24) is 30.4 Å². The van der Waals surface area contributed by atoms with E-state index in [1.807, 2.05) is 51.2 Å². The van der Waals surface area contributed by atoms with Crippen LogP contribution >= 0.6 is 0 Å². The Balaban J connectivity index is 1.54. The lowest BCUT2D eigenvalue weighted by Crippen LogP contribution is -2.41. The number of nitrogens with zero attached hydrogens (tertiary/aromatic N) is 4. The minimum Gasteiger partial charge on any atom is -0.453 e. The van der Waals surface area contributed by atoms with E-state index >= 15 is 0 Å². The molecule has 0 aliphatic carbocycles. The number of carbonyl (C=O) groups is 4. The zero-order valence-electron chi connectivity index (χ0n) is 31.7. The number of anilines is 1. The van der Waals surface area contributed by atoms with Crippen LogP contribution in [0.1, 0.15) is 45.0 Å². The van der Waals surface area contributed by atoms with E-state index in [2.05, 4.69) is 65.4 Å². The number of H-pyrrole nitrogens is 1. The summed E-state index contributed by atoms with van der Waals surface area (Å²) < 4.78 is 9.13. The maximum atomic E-state index is 12.8. The van der Waals surface area contributed by atoms with Gasteiger partial charge in [0.15, 0.2) is 0 Å². The molecule has 0 saturated carbocycles. The Bertz CT molecular complexity index is 2050. The molecule has 4 amide bonds. The summed E-state index contributed by atoms with van der Waals surface area (Å²) in [5, 5.41) is 10.2. The molecule has 0 fully saturated rings. The van der Waals surface area contributed by atoms with Crippen molar-refractivity contribution in [3.63, 3.8) is 0 Å². The predicted octanol–water partition coefficient (Wildman–Crippen LogP) is 5.70. The fourth-order valence-corrected chi connectivity index (χ4v) is 5.88. The molecule has 0 saturated heterocycles. The summed E-state index contributed by atoms with van der Waals surface area (Å²) in [6.07, 6.45) is 3.64. The molecule has 0 spiro atoms. The second-order valence-corrected chi connectivity index (χ2v) is 12.2. The molecule has 0 radical (unpaired) electrons. The van der Waals surface area contributed by atoms with Crippen molar-refractivity contribution in [3.05, 3.63) is 66.1 Å². The standard InChI is InChI=1S/C40H48N8O6/c1-7-10-27-22-30(34-23-43-35(46-34)26-48(19-9-3)37(50)25-45-40(52)54-6)12-14-31(27)28-11-15-32-29(21-28)13-16-33(38(32)41-4)42-17-20-47(18-8-2)36(49)24-44-39(51)53-5/h11-17,21-23,41H,8-9,18-20,24-26H2,1-6H3,(H,43,46)(H,44,51)(H,45,52)/b42-17+. The van der Waals surface area contributed by atoms with Gasteiger partial charge in [-0.05, 0) is 54.5 Å². The Kier molecular flexibility index (Phi) is 15.0. The Morgan fingerprint density at radius 2 is 1.56 bits per heavy atom. The van der Waals surface area contributed by atoms with Crippen LogP contribution < -0.4 is 16.0 Å². The van der Waals surface area contributed by atoms with Crippen molar-refractivity contribution in [2.45, 2.75) is 40.2 Å². The van der Waals surface area contributed by atoms with Crippen LogP contribution in [0.25, 0.3) is 33.2 Å². The highest BCUT2D eigenvalue weighted by Gasteiger charge is 2.18. The molecule has 4 aromatic rings. The first-order valence-electron chi connectivity index (χ1n) is 17.7. The monoisotopic (exact) mass is 736 g/mol. The number of methoxy groups -OCH3 is 2. The highest BCUT2D eigenvalue weighted by molar-refractivity contribution is 6.02. The molecular formula is C40H48N8O6. The van der Waals surface area contributed by atoms with Crippen LogP contribution in [-0.2, 0) is 25.6 Å². The average molecular weight is 737 g/mol. The van der Waals surface area contributed by atoms with Crippen LogP contribution in [0.2, 0.25) is 0 Å². The summed E-state index contributed by atoms with van der Waals surface area (Å²) >= 11 is 0. The van der Waals surface area contributed by atoms with Gasteiger partial charge < -0.3 is 40.2 Å². The smallest absolute Gasteiger partial charge is 0.407 e. The van der Waals surface area contributed by atoms with Gasteiger partial charge in [-0.15, -0.1) is 5.92 Å². The van der Waals surface area contributed by atoms with Gasteiger partial charge in [-0.1, -0.05) is 50.1 Å². The maximum Gasteiger partial charge on any atom is 0.407 e. The molecule has 4 rings (SSSR count). The van der Waals surface area contributed by atoms with E-state index in [9.17, 15) is 19.2 Å². The second-order valence-electron chi connectivity index (χ2n) is 12.2. The summed E-state index contributed by atoms with van der Waals surface area (Å²) in [5.41, 5.74) is 6.10. The molecule has 14 nitrogen and oxygen atoms in total. The van der Waals surface area contributed by atoms with E-state index in [1.165, 1.54) is 14.2 Å². The van der Waals surface area contributed by atoms with Crippen molar-refractivity contribution < 1.29 is 28.7 Å². The van der Waals surface area contributed by atoms with Gasteiger partial charge in [-0.2, -0.15) is 0 Å². The van der Waals surface area contributed by atoms with Gasteiger partial charge in [0.1, 0.15) is 18.9 Å². The van der Waals surface area contributed by atoms with Crippen LogP contribution in [0.4, 0.5) is 21.0 Å². The third-order valence-corrected chi connectivity index (χ3v) is 8.48. The molecule has 14 heteroatoms.